The van der Waals surface area contributed by atoms with E-state index in [0.29, 0.717) is 0 Å². The van der Waals surface area contributed by atoms with E-state index in [1.165, 1.54) is 0 Å². The van der Waals surface area contributed by atoms with E-state index in [2.05, 4.69) is 4.72 Å². The van der Waals surface area contributed by atoms with Crippen LogP contribution in [0.1, 0.15) is 34.6 Å². The summed E-state index contributed by atoms with van der Waals surface area (Å²) in [6.07, 6.45) is 0. The molecule has 0 rings (SSSR count). The molecule has 0 bridgehead atoms. The summed E-state index contributed by atoms with van der Waals surface area (Å²) in [5, 5.41) is 0. The van der Waals surface area contributed by atoms with Gasteiger partial charge in [0.1, 0.15) is 0 Å². The van der Waals surface area contributed by atoms with Crippen molar-refractivity contribution in [3.8, 4) is 0 Å². The highest BCUT2D eigenvalue weighted by Gasteiger charge is 2.23. The Hall–Kier alpha value is -0.0900. The van der Waals surface area contributed by atoms with Crippen molar-refractivity contribution >= 4 is 10.0 Å². The van der Waals surface area contributed by atoms with Gasteiger partial charge in [-0.05, 0) is 19.3 Å². The minimum Gasteiger partial charge on any atom is -0.212 e. The molecule has 0 radical (unpaired) electrons. The Morgan fingerprint density at radius 1 is 1.33 bits per heavy atom. The minimum atomic E-state index is -3.05. The number of hydrogen-bond acceptors (Lipinski definition) is 2. The Bertz CT molecular complexity index is 226. The van der Waals surface area contributed by atoms with Gasteiger partial charge < -0.3 is 0 Å². The summed E-state index contributed by atoms with van der Waals surface area (Å²) in [6, 6.07) is -0.0255. The summed E-state index contributed by atoms with van der Waals surface area (Å²) < 4.78 is 24.9. The first kappa shape index (κ1) is 11.9. The van der Waals surface area contributed by atoms with Crippen LogP contribution < -0.4 is 4.72 Å². The number of sulfonamides is 1. The summed E-state index contributed by atoms with van der Waals surface area (Å²) in [6.45, 7) is 9.55. The lowest BCUT2D eigenvalue weighted by molar-refractivity contribution is 0.318. The molecule has 0 saturated carbocycles. The van der Waals surface area contributed by atoms with Crippen LogP contribution in [0.5, 0.6) is 0 Å². The SMILES string of the molecule is CCS(=O)(=O)NC(C)C(C)(C)C. The lowest BCUT2D eigenvalue weighted by atomic mass is 9.89. The molecule has 1 unspecified atom stereocenters. The van der Waals surface area contributed by atoms with Gasteiger partial charge in [-0.3, -0.25) is 0 Å². The highest BCUT2D eigenvalue weighted by molar-refractivity contribution is 7.89. The molecule has 1 N–H and O–H groups in total. The molecule has 0 aliphatic carbocycles. The van der Waals surface area contributed by atoms with Gasteiger partial charge in [0, 0.05) is 6.04 Å². The van der Waals surface area contributed by atoms with E-state index >= 15 is 0 Å². The molecule has 4 heteroatoms. The Morgan fingerprint density at radius 2 is 1.75 bits per heavy atom. The monoisotopic (exact) mass is 193 g/mol. The van der Waals surface area contributed by atoms with Gasteiger partial charge >= 0.3 is 0 Å². The molecule has 0 aliphatic rings. The van der Waals surface area contributed by atoms with E-state index in [4.69, 9.17) is 0 Å². The summed E-state index contributed by atoms with van der Waals surface area (Å²) in [5.74, 6) is 0.146. The zero-order valence-corrected chi connectivity index (χ0v) is 9.33. The fourth-order valence-electron chi connectivity index (χ4n) is 0.529. The molecule has 74 valence electrons. The normalized spacial score (nSPS) is 16.1. The summed E-state index contributed by atoms with van der Waals surface area (Å²) >= 11 is 0. The van der Waals surface area contributed by atoms with Crippen LogP contribution in [0.3, 0.4) is 0 Å². The number of hydrogen-bond donors (Lipinski definition) is 1. The highest BCUT2D eigenvalue weighted by atomic mass is 32.2. The quantitative estimate of drug-likeness (QED) is 0.735. The van der Waals surface area contributed by atoms with E-state index in [9.17, 15) is 8.42 Å². The van der Waals surface area contributed by atoms with Gasteiger partial charge in [-0.15, -0.1) is 0 Å². The zero-order chi connectivity index (χ0) is 9.99. The van der Waals surface area contributed by atoms with Crippen LogP contribution in [0.25, 0.3) is 0 Å². The molecule has 0 aromatic heterocycles. The summed E-state index contributed by atoms with van der Waals surface area (Å²) in [4.78, 5) is 0. The van der Waals surface area contributed by atoms with Crippen molar-refractivity contribution in [2.45, 2.75) is 40.7 Å². The van der Waals surface area contributed by atoms with Crippen LogP contribution in [0.15, 0.2) is 0 Å². The van der Waals surface area contributed by atoms with Crippen LogP contribution >= 0.6 is 0 Å². The molecule has 0 heterocycles. The molecule has 3 nitrogen and oxygen atoms in total. The maximum Gasteiger partial charge on any atom is 0.211 e. The molecular formula is C8H19NO2S. The average Bonchev–Trinajstić information content (AvgIpc) is 1.85. The topological polar surface area (TPSA) is 46.2 Å². The van der Waals surface area contributed by atoms with Gasteiger partial charge in [0.05, 0.1) is 5.75 Å². The second-order valence-corrected chi connectivity index (χ2v) is 6.15. The molecular weight excluding hydrogens is 174 g/mol. The van der Waals surface area contributed by atoms with Crippen LogP contribution in [-0.4, -0.2) is 20.2 Å². The van der Waals surface area contributed by atoms with Crippen molar-refractivity contribution in [2.75, 3.05) is 5.75 Å². The second kappa shape index (κ2) is 3.75. The van der Waals surface area contributed by atoms with Crippen LogP contribution in [-0.2, 0) is 10.0 Å². The standard InChI is InChI=1S/C8H19NO2S/c1-6-12(10,11)9-7(2)8(3,4)5/h7,9H,6H2,1-5H3. The first-order chi connectivity index (χ1) is 5.19. The van der Waals surface area contributed by atoms with Crippen molar-refractivity contribution in [3.05, 3.63) is 0 Å². The van der Waals surface area contributed by atoms with Gasteiger partial charge in [0.15, 0.2) is 0 Å². The van der Waals surface area contributed by atoms with E-state index in [1.807, 2.05) is 27.7 Å². The van der Waals surface area contributed by atoms with E-state index in [0.717, 1.165) is 0 Å². The van der Waals surface area contributed by atoms with Gasteiger partial charge in [0.2, 0.25) is 10.0 Å². The Morgan fingerprint density at radius 3 is 2.00 bits per heavy atom. The van der Waals surface area contributed by atoms with E-state index in [1.54, 1.807) is 6.92 Å². The van der Waals surface area contributed by atoms with Crippen molar-refractivity contribution in [1.82, 2.24) is 4.72 Å². The maximum absolute atomic E-state index is 11.1. The third kappa shape index (κ3) is 4.07. The van der Waals surface area contributed by atoms with Gasteiger partial charge in [-0.25, -0.2) is 13.1 Å². The van der Waals surface area contributed by atoms with Gasteiger partial charge in [0.25, 0.3) is 0 Å². The second-order valence-electron chi connectivity index (χ2n) is 4.11. The Kier molecular flexibility index (Phi) is 3.72. The van der Waals surface area contributed by atoms with Crippen molar-refractivity contribution < 1.29 is 8.42 Å². The fraction of sp³-hybridized carbons (Fsp3) is 1.00. The average molecular weight is 193 g/mol. The van der Waals surface area contributed by atoms with Crippen LogP contribution in [0.4, 0.5) is 0 Å². The molecule has 0 aromatic rings. The van der Waals surface area contributed by atoms with Crippen molar-refractivity contribution in [2.24, 2.45) is 5.41 Å². The smallest absolute Gasteiger partial charge is 0.211 e. The van der Waals surface area contributed by atoms with E-state index < -0.39 is 10.0 Å². The third-order valence-corrected chi connectivity index (χ3v) is 3.51. The Labute approximate surface area is 75.6 Å². The molecule has 12 heavy (non-hydrogen) atoms. The molecule has 0 fully saturated rings. The predicted molar refractivity (Wildman–Crippen MR) is 51.5 cm³/mol. The lowest BCUT2D eigenvalue weighted by Gasteiger charge is -2.27. The highest BCUT2D eigenvalue weighted by Crippen LogP contribution is 2.18. The lowest BCUT2D eigenvalue weighted by Crippen LogP contribution is -2.41. The molecule has 0 spiro atoms. The third-order valence-electron chi connectivity index (χ3n) is 2.04. The number of nitrogens with one attached hydrogen (secondary N) is 1. The van der Waals surface area contributed by atoms with E-state index in [-0.39, 0.29) is 17.2 Å². The molecule has 0 amide bonds. The largest absolute Gasteiger partial charge is 0.212 e. The molecule has 0 aliphatic heterocycles. The maximum atomic E-state index is 11.1. The predicted octanol–water partition coefficient (Wildman–Crippen LogP) is 1.36. The van der Waals surface area contributed by atoms with Gasteiger partial charge in [-0.2, -0.15) is 0 Å². The number of rotatable bonds is 3. The summed E-state index contributed by atoms with van der Waals surface area (Å²) in [5.41, 5.74) is -0.0256. The van der Waals surface area contributed by atoms with Gasteiger partial charge in [-0.1, -0.05) is 20.8 Å². The first-order valence-corrected chi connectivity index (χ1v) is 5.84. The Balaban J connectivity index is 4.30. The van der Waals surface area contributed by atoms with Crippen molar-refractivity contribution in [1.29, 1.82) is 0 Å². The minimum absolute atomic E-state index is 0.0255. The van der Waals surface area contributed by atoms with Crippen molar-refractivity contribution in [3.63, 3.8) is 0 Å². The van der Waals surface area contributed by atoms with Crippen LogP contribution in [0.2, 0.25) is 0 Å². The molecule has 1 atom stereocenters. The summed E-state index contributed by atoms with van der Waals surface area (Å²) in [7, 11) is -3.05. The fourth-order valence-corrected chi connectivity index (χ4v) is 1.59. The van der Waals surface area contributed by atoms with Crippen LogP contribution in [0, 0.1) is 5.41 Å². The zero-order valence-electron chi connectivity index (χ0n) is 8.51. The molecule has 0 saturated heterocycles. The molecule has 0 aromatic carbocycles. The first-order valence-electron chi connectivity index (χ1n) is 4.19.